The molecule has 19 heavy (non-hydrogen) atoms. The fourth-order valence-corrected chi connectivity index (χ4v) is 2.77. The van der Waals surface area contributed by atoms with Crippen LogP contribution in [0.25, 0.3) is 0 Å². The molecule has 0 aliphatic heterocycles. The van der Waals surface area contributed by atoms with Gasteiger partial charge in [-0.3, -0.25) is 4.79 Å². The number of rotatable bonds is 5. The normalized spacial score (nSPS) is 16.8. The Morgan fingerprint density at radius 3 is 2.63 bits per heavy atom. The van der Waals surface area contributed by atoms with Crippen LogP contribution in [-0.4, -0.2) is 16.9 Å². The van der Waals surface area contributed by atoms with Gasteiger partial charge in [-0.1, -0.05) is 0 Å². The van der Waals surface area contributed by atoms with E-state index in [4.69, 9.17) is 5.73 Å². The van der Waals surface area contributed by atoms with Crippen molar-refractivity contribution >= 4 is 42.1 Å². The lowest BCUT2D eigenvalue weighted by Crippen LogP contribution is -2.33. The predicted octanol–water partition coefficient (Wildman–Crippen LogP) is 2.60. The van der Waals surface area contributed by atoms with Gasteiger partial charge in [0.25, 0.3) is 0 Å². The minimum absolute atomic E-state index is 0. The molecular formula is C12H21Cl2N3OS. The van der Waals surface area contributed by atoms with Gasteiger partial charge in [-0.25, -0.2) is 4.98 Å². The molecule has 0 aromatic carbocycles. The van der Waals surface area contributed by atoms with Crippen molar-refractivity contribution in [2.24, 2.45) is 11.7 Å². The topological polar surface area (TPSA) is 68.0 Å². The van der Waals surface area contributed by atoms with Gasteiger partial charge in [0, 0.05) is 23.5 Å². The molecule has 1 aromatic rings. The van der Waals surface area contributed by atoms with E-state index in [9.17, 15) is 4.79 Å². The van der Waals surface area contributed by atoms with E-state index < -0.39 is 0 Å². The highest BCUT2D eigenvalue weighted by molar-refractivity contribution is 7.11. The van der Waals surface area contributed by atoms with Crippen LogP contribution in [-0.2, 0) is 4.79 Å². The highest BCUT2D eigenvalue weighted by Gasteiger charge is 2.35. The third-order valence-corrected chi connectivity index (χ3v) is 3.82. The predicted molar refractivity (Wildman–Crippen MR) is 83.2 cm³/mol. The lowest BCUT2D eigenvalue weighted by molar-refractivity contribution is -0.122. The highest BCUT2D eigenvalue weighted by atomic mass is 35.5. The maximum absolute atomic E-state index is 11.8. The summed E-state index contributed by atoms with van der Waals surface area (Å²) < 4.78 is 0. The van der Waals surface area contributed by atoms with Gasteiger partial charge < -0.3 is 11.1 Å². The van der Waals surface area contributed by atoms with E-state index in [1.54, 1.807) is 11.3 Å². The largest absolute Gasteiger partial charge is 0.347 e. The number of hydrogen-bond acceptors (Lipinski definition) is 4. The third-order valence-electron chi connectivity index (χ3n) is 2.82. The van der Waals surface area contributed by atoms with Crippen molar-refractivity contribution in [2.75, 3.05) is 0 Å². The molecule has 2 atom stereocenters. The Hall–Kier alpha value is -0.360. The second kappa shape index (κ2) is 8.04. The Morgan fingerprint density at radius 1 is 1.58 bits per heavy atom. The van der Waals surface area contributed by atoms with Gasteiger partial charge in [0.05, 0.1) is 6.04 Å². The number of carbonyl (C=O) groups excluding carboxylic acids is 1. The molecule has 1 amide bonds. The van der Waals surface area contributed by atoms with E-state index in [0.717, 1.165) is 5.01 Å². The van der Waals surface area contributed by atoms with E-state index >= 15 is 0 Å². The summed E-state index contributed by atoms with van der Waals surface area (Å²) in [5.74, 6) is 0.599. The van der Waals surface area contributed by atoms with Crippen molar-refractivity contribution in [3.05, 3.63) is 16.1 Å². The summed E-state index contributed by atoms with van der Waals surface area (Å²) in [5.41, 5.74) is 5.63. The zero-order chi connectivity index (χ0) is 12.4. The van der Waals surface area contributed by atoms with Crippen LogP contribution in [0.15, 0.2) is 6.20 Å². The Balaban J connectivity index is 0.00000162. The van der Waals surface area contributed by atoms with Crippen molar-refractivity contribution in [1.29, 1.82) is 0 Å². The van der Waals surface area contributed by atoms with Crippen LogP contribution < -0.4 is 11.1 Å². The Labute approximate surface area is 130 Å². The summed E-state index contributed by atoms with van der Waals surface area (Å²) in [6.07, 6.45) is 4.62. The van der Waals surface area contributed by atoms with Crippen LogP contribution in [0.3, 0.4) is 0 Å². The lowest BCUT2D eigenvalue weighted by atomic mass is 10.1. The molecule has 4 nitrogen and oxygen atoms in total. The number of amides is 1. The molecule has 0 saturated heterocycles. The molecule has 0 bridgehead atoms. The summed E-state index contributed by atoms with van der Waals surface area (Å²) in [4.78, 5) is 17.3. The van der Waals surface area contributed by atoms with Crippen LogP contribution in [0.2, 0.25) is 0 Å². The van der Waals surface area contributed by atoms with Crippen LogP contribution in [0, 0.1) is 12.8 Å². The first-order valence-electron chi connectivity index (χ1n) is 6.03. The second-order valence-corrected chi connectivity index (χ2v) is 6.14. The summed E-state index contributed by atoms with van der Waals surface area (Å²) in [7, 11) is 0. The van der Waals surface area contributed by atoms with Gasteiger partial charge in [0.2, 0.25) is 5.91 Å². The molecule has 1 saturated carbocycles. The molecule has 3 N–H and O–H groups in total. The van der Waals surface area contributed by atoms with E-state index in [-0.39, 0.29) is 42.8 Å². The smallest absolute Gasteiger partial charge is 0.222 e. The first kappa shape index (κ1) is 18.6. The zero-order valence-electron chi connectivity index (χ0n) is 11.1. The molecule has 1 heterocycles. The van der Waals surface area contributed by atoms with Gasteiger partial charge in [-0.15, -0.1) is 36.2 Å². The summed E-state index contributed by atoms with van der Waals surface area (Å²) in [5, 5.41) is 4.10. The van der Waals surface area contributed by atoms with Gasteiger partial charge in [0.1, 0.15) is 5.01 Å². The molecule has 0 spiro atoms. The van der Waals surface area contributed by atoms with Gasteiger partial charge in [-0.2, -0.15) is 0 Å². The average Bonchev–Trinajstić information content (AvgIpc) is 2.97. The Kier molecular flexibility index (Phi) is 7.89. The SMILES string of the molecule is Cc1cnc(C(NC(=O)CC(C)N)C2CC2)s1.Cl.Cl. The van der Waals surface area contributed by atoms with E-state index in [2.05, 4.69) is 10.3 Å². The number of thiazole rings is 1. The molecule has 0 radical (unpaired) electrons. The van der Waals surface area contributed by atoms with Crippen LogP contribution >= 0.6 is 36.2 Å². The lowest BCUT2D eigenvalue weighted by Gasteiger charge is -2.16. The molecule has 2 rings (SSSR count). The molecule has 1 aliphatic carbocycles. The van der Waals surface area contributed by atoms with Gasteiger partial charge in [-0.05, 0) is 32.6 Å². The van der Waals surface area contributed by atoms with Crippen molar-refractivity contribution in [1.82, 2.24) is 10.3 Å². The molecule has 1 fully saturated rings. The average molecular weight is 326 g/mol. The van der Waals surface area contributed by atoms with E-state index in [0.29, 0.717) is 12.3 Å². The number of nitrogens with zero attached hydrogens (tertiary/aromatic N) is 1. The minimum atomic E-state index is -0.0899. The first-order valence-corrected chi connectivity index (χ1v) is 6.85. The first-order chi connectivity index (χ1) is 8.06. The Morgan fingerprint density at radius 2 is 2.21 bits per heavy atom. The molecular weight excluding hydrogens is 305 g/mol. The summed E-state index contributed by atoms with van der Waals surface area (Å²) in [6.45, 7) is 3.88. The van der Waals surface area contributed by atoms with Crippen molar-refractivity contribution < 1.29 is 4.79 Å². The highest BCUT2D eigenvalue weighted by Crippen LogP contribution is 2.42. The third kappa shape index (κ3) is 5.65. The van der Waals surface area contributed by atoms with Gasteiger partial charge in [0.15, 0.2) is 0 Å². The van der Waals surface area contributed by atoms with Crippen molar-refractivity contribution in [3.8, 4) is 0 Å². The summed E-state index contributed by atoms with van der Waals surface area (Å²) >= 11 is 1.67. The van der Waals surface area contributed by atoms with Crippen molar-refractivity contribution in [3.63, 3.8) is 0 Å². The van der Waals surface area contributed by atoms with Crippen LogP contribution in [0.1, 0.15) is 42.1 Å². The standard InChI is InChI=1S/C12H19N3OS.2ClH/c1-7(13)5-10(16)15-11(9-3-4-9)12-14-6-8(2)17-12;;/h6-7,9,11H,3-5,13H2,1-2H3,(H,15,16);2*1H. The monoisotopic (exact) mass is 325 g/mol. The number of nitrogens with one attached hydrogen (secondary N) is 1. The number of carbonyl (C=O) groups is 1. The number of nitrogens with two attached hydrogens (primary N) is 1. The fourth-order valence-electron chi connectivity index (χ4n) is 1.85. The Bertz CT molecular complexity index is 407. The molecule has 110 valence electrons. The molecule has 1 aromatic heterocycles. The number of halogens is 2. The summed E-state index contributed by atoms with van der Waals surface area (Å²) in [6, 6.07) is 0.00725. The molecule has 2 unspecified atom stereocenters. The molecule has 7 heteroatoms. The number of aryl methyl sites for hydroxylation is 1. The zero-order valence-corrected chi connectivity index (χ0v) is 13.5. The van der Waals surface area contributed by atoms with E-state index in [1.165, 1.54) is 17.7 Å². The quantitative estimate of drug-likeness (QED) is 0.874. The maximum Gasteiger partial charge on any atom is 0.222 e. The number of aromatic nitrogens is 1. The molecule has 1 aliphatic rings. The van der Waals surface area contributed by atoms with Crippen molar-refractivity contribution in [2.45, 2.75) is 45.2 Å². The van der Waals surface area contributed by atoms with Gasteiger partial charge >= 0.3 is 0 Å². The second-order valence-electron chi connectivity index (χ2n) is 4.87. The van der Waals surface area contributed by atoms with E-state index in [1.807, 2.05) is 20.0 Å². The number of hydrogen-bond donors (Lipinski definition) is 2. The minimum Gasteiger partial charge on any atom is -0.347 e. The maximum atomic E-state index is 11.8. The van der Waals surface area contributed by atoms with Crippen LogP contribution in [0.4, 0.5) is 0 Å². The van der Waals surface area contributed by atoms with Crippen LogP contribution in [0.5, 0.6) is 0 Å². The fraction of sp³-hybridized carbons (Fsp3) is 0.667.